The zero-order valence-corrected chi connectivity index (χ0v) is 15.3. The van der Waals surface area contributed by atoms with Crippen molar-refractivity contribution in [3.63, 3.8) is 0 Å². The van der Waals surface area contributed by atoms with Crippen LogP contribution in [0.15, 0.2) is 85.1 Å². The van der Waals surface area contributed by atoms with Gasteiger partial charge in [-0.3, -0.25) is 0 Å². The second-order valence-corrected chi connectivity index (χ2v) is 6.06. The van der Waals surface area contributed by atoms with Crippen LogP contribution in [0.25, 0.3) is 5.57 Å². The van der Waals surface area contributed by atoms with Gasteiger partial charge < -0.3 is 19.7 Å². The summed E-state index contributed by atoms with van der Waals surface area (Å²) in [5.41, 5.74) is 1.83. The summed E-state index contributed by atoms with van der Waals surface area (Å²) < 4.78 is 10.8. The van der Waals surface area contributed by atoms with E-state index in [1.807, 2.05) is 36.4 Å². The highest BCUT2D eigenvalue weighted by Gasteiger charge is 2.17. The van der Waals surface area contributed by atoms with E-state index in [1.54, 1.807) is 42.5 Å². The smallest absolute Gasteiger partial charge is 0.339 e. The van der Waals surface area contributed by atoms with E-state index < -0.39 is 12.1 Å². The number of aliphatic hydroxyl groups excluding tert-OH is 1. The molecule has 5 heteroatoms. The van der Waals surface area contributed by atoms with Gasteiger partial charge in [-0.15, -0.1) is 0 Å². The van der Waals surface area contributed by atoms with Crippen molar-refractivity contribution in [3.05, 3.63) is 102 Å². The fourth-order valence-corrected chi connectivity index (χ4v) is 2.83. The van der Waals surface area contributed by atoms with Crippen LogP contribution >= 0.6 is 0 Å². The quantitative estimate of drug-likeness (QED) is 0.464. The van der Waals surface area contributed by atoms with Gasteiger partial charge in [-0.05, 0) is 29.3 Å². The number of methoxy groups -OCH3 is 1. The first-order chi connectivity index (χ1) is 13.6. The lowest BCUT2D eigenvalue weighted by Gasteiger charge is -2.15. The molecule has 1 unspecified atom stereocenters. The average molecular weight is 376 g/mol. The SMILES string of the molecule is COC=C(C(=O)O)c1ccccc1Oc1cccc(C(O)c2ccccc2)c1. The summed E-state index contributed by atoms with van der Waals surface area (Å²) in [5, 5.41) is 20.1. The molecule has 0 spiro atoms. The first kappa shape index (κ1) is 19.2. The van der Waals surface area contributed by atoms with Crippen LogP contribution in [0.1, 0.15) is 22.8 Å². The summed E-state index contributed by atoms with van der Waals surface area (Å²) in [6.45, 7) is 0. The zero-order chi connectivity index (χ0) is 19.9. The highest BCUT2D eigenvalue weighted by molar-refractivity contribution is 6.15. The van der Waals surface area contributed by atoms with Crippen LogP contribution in [0.2, 0.25) is 0 Å². The number of hydrogen-bond donors (Lipinski definition) is 2. The van der Waals surface area contributed by atoms with Crippen molar-refractivity contribution in [2.75, 3.05) is 7.11 Å². The summed E-state index contributed by atoms with van der Waals surface area (Å²) in [5.74, 6) is -0.257. The number of aliphatic carboxylic acids is 1. The molecule has 0 amide bonds. The van der Waals surface area contributed by atoms with E-state index in [9.17, 15) is 15.0 Å². The van der Waals surface area contributed by atoms with Gasteiger partial charge in [0.2, 0.25) is 0 Å². The predicted octanol–water partition coefficient (Wildman–Crippen LogP) is 4.63. The van der Waals surface area contributed by atoms with Crippen LogP contribution in [0.4, 0.5) is 0 Å². The number of benzene rings is 3. The number of carboxylic acids is 1. The van der Waals surface area contributed by atoms with E-state index in [0.29, 0.717) is 22.6 Å². The molecule has 0 fully saturated rings. The number of ether oxygens (including phenoxy) is 2. The Kier molecular flexibility index (Phi) is 6.09. The molecule has 0 radical (unpaired) electrons. The number of aliphatic hydroxyl groups is 1. The monoisotopic (exact) mass is 376 g/mol. The molecule has 2 N–H and O–H groups in total. The van der Waals surface area contributed by atoms with Crippen molar-refractivity contribution < 1.29 is 24.5 Å². The Hall–Kier alpha value is -3.57. The highest BCUT2D eigenvalue weighted by atomic mass is 16.5. The van der Waals surface area contributed by atoms with E-state index in [-0.39, 0.29) is 5.57 Å². The van der Waals surface area contributed by atoms with Gasteiger partial charge in [0.1, 0.15) is 23.2 Å². The highest BCUT2D eigenvalue weighted by Crippen LogP contribution is 2.32. The summed E-state index contributed by atoms with van der Waals surface area (Å²) in [6.07, 6.45) is 0.378. The molecule has 3 aromatic carbocycles. The summed E-state index contributed by atoms with van der Waals surface area (Å²) >= 11 is 0. The lowest BCUT2D eigenvalue weighted by Crippen LogP contribution is -2.03. The molecule has 0 aliphatic carbocycles. The minimum Gasteiger partial charge on any atom is -0.503 e. The number of rotatable bonds is 7. The number of carboxylic acid groups (broad SMARTS) is 1. The topological polar surface area (TPSA) is 76.0 Å². The second kappa shape index (κ2) is 8.88. The normalized spacial score (nSPS) is 12.3. The average Bonchev–Trinajstić information content (AvgIpc) is 2.73. The van der Waals surface area contributed by atoms with Crippen LogP contribution in [0.5, 0.6) is 11.5 Å². The molecule has 28 heavy (non-hydrogen) atoms. The maximum absolute atomic E-state index is 11.6. The third kappa shape index (κ3) is 4.39. The lowest BCUT2D eigenvalue weighted by atomic mass is 10.0. The number of hydrogen-bond acceptors (Lipinski definition) is 4. The van der Waals surface area contributed by atoms with E-state index in [4.69, 9.17) is 9.47 Å². The van der Waals surface area contributed by atoms with Gasteiger partial charge in [0, 0.05) is 5.56 Å². The van der Waals surface area contributed by atoms with E-state index in [0.717, 1.165) is 5.56 Å². The van der Waals surface area contributed by atoms with Gasteiger partial charge in [-0.2, -0.15) is 0 Å². The van der Waals surface area contributed by atoms with Gasteiger partial charge in [0.05, 0.1) is 13.4 Å². The Balaban J connectivity index is 1.92. The first-order valence-electron chi connectivity index (χ1n) is 8.66. The second-order valence-electron chi connectivity index (χ2n) is 6.06. The molecule has 0 aliphatic heterocycles. The minimum atomic E-state index is -1.12. The molecule has 5 nitrogen and oxygen atoms in total. The predicted molar refractivity (Wildman–Crippen MR) is 106 cm³/mol. The largest absolute Gasteiger partial charge is 0.503 e. The van der Waals surface area contributed by atoms with Crippen molar-refractivity contribution in [2.45, 2.75) is 6.10 Å². The Morgan fingerprint density at radius 2 is 1.61 bits per heavy atom. The fourth-order valence-electron chi connectivity index (χ4n) is 2.83. The maximum atomic E-state index is 11.6. The zero-order valence-electron chi connectivity index (χ0n) is 15.3. The summed E-state index contributed by atoms with van der Waals surface area (Å²) in [4.78, 5) is 11.6. The van der Waals surface area contributed by atoms with Crippen LogP contribution in [-0.2, 0) is 9.53 Å². The van der Waals surface area contributed by atoms with Gasteiger partial charge in [-0.1, -0.05) is 60.7 Å². The Morgan fingerprint density at radius 1 is 0.929 bits per heavy atom. The number of para-hydroxylation sites is 1. The molecule has 142 valence electrons. The van der Waals surface area contributed by atoms with Crippen molar-refractivity contribution in [3.8, 4) is 11.5 Å². The lowest BCUT2D eigenvalue weighted by molar-refractivity contribution is -0.130. The standard InChI is InChI=1S/C23H20O5/c1-27-15-20(23(25)26)19-12-5-6-13-21(19)28-18-11-7-10-17(14-18)22(24)16-8-3-2-4-9-16/h2-15,22,24H,1H3,(H,25,26). The maximum Gasteiger partial charge on any atom is 0.339 e. The number of carbonyl (C=O) groups is 1. The molecule has 0 aromatic heterocycles. The van der Waals surface area contributed by atoms with Crippen molar-refractivity contribution in [1.82, 2.24) is 0 Å². The Labute approximate surface area is 163 Å². The summed E-state index contributed by atoms with van der Waals surface area (Å²) in [6, 6.07) is 23.2. The van der Waals surface area contributed by atoms with Crippen LogP contribution in [0.3, 0.4) is 0 Å². The van der Waals surface area contributed by atoms with Crippen LogP contribution < -0.4 is 4.74 Å². The first-order valence-corrected chi connectivity index (χ1v) is 8.66. The Morgan fingerprint density at radius 3 is 2.32 bits per heavy atom. The summed E-state index contributed by atoms with van der Waals surface area (Å²) in [7, 11) is 1.39. The van der Waals surface area contributed by atoms with Gasteiger partial charge in [0.15, 0.2) is 0 Å². The third-order valence-corrected chi connectivity index (χ3v) is 4.16. The minimum absolute atomic E-state index is 0.0152. The van der Waals surface area contributed by atoms with Crippen LogP contribution in [-0.4, -0.2) is 23.3 Å². The molecule has 0 aliphatic rings. The molecule has 3 aromatic rings. The molecular formula is C23H20O5. The van der Waals surface area contributed by atoms with E-state index >= 15 is 0 Å². The van der Waals surface area contributed by atoms with E-state index in [2.05, 4.69) is 0 Å². The molecule has 0 saturated carbocycles. The molecule has 0 saturated heterocycles. The van der Waals surface area contributed by atoms with Crippen LogP contribution in [0, 0.1) is 0 Å². The van der Waals surface area contributed by atoms with Gasteiger partial charge >= 0.3 is 5.97 Å². The molecule has 3 rings (SSSR count). The molecular weight excluding hydrogens is 356 g/mol. The third-order valence-electron chi connectivity index (χ3n) is 4.16. The van der Waals surface area contributed by atoms with Gasteiger partial charge in [-0.25, -0.2) is 4.79 Å². The van der Waals surface area contributed by atoms with Crippen molar-refractivity contribution in [1.29, 1.82) is 0 Å². The van der Waals surface area contributed by atoms with E-state index in [1.165, 1.54) is 13.4 Å². The molecule has 0 heterocycles. The fraction of sp³-hybridized carbons (Fsp3) is 0.0870. The molecule has 0 bridgehead atoms. The van der Waals surface area contributed by atoms with Gasteiger partial charge in [0.25, 0.3) is 0 Å². The van der Waals surface area contributed by atoms with Crippen molar-refractivity contribution >= 4 is 11.5 Å². The Bertz CT molecular complexity index is 979. The molecule has 1 atom stereocenters. The van der Waals surface area contributed by atoms with Crippen molar-refractivity contribution in [2.24, 2.45) is 0 Å².